The van der Waals surface area contributed by atoms with Crippen LogP contribution in [0.5, 0.6) is 0 Å². The van der Waals surface area contributed by atoms with Crippen molar-refractivity contribution in [2.45, 2.75) is 32.2 Å². The van der Waals surface area contributed by atoms with E-state index in [1.54, 1.807) is 0 Å². The van der Waals surface area contributed by atoms with Gasteiger partial charge in [-0.05, 0) is 18.3 Å². The Kier molecular flexibility index (Phi) is 2.51. The van der Waals surface area contributed by atoms with Crippen molar-refractivity contribution >= 4 is 5.97 Å². The molecule has 2 aliphatic heterocycles. The Morgan fingerprint density at radius 3 is 2.20 bits per heavy atom. The molecule has 0 aromatic rings. The number of aliphatic carboxylic acids is 1. The van der Waals surface area contributed by atoms with Crippen molar-refractivity contribution in [2.24, 2.45) is 5.41 Å². The highest BCUT2D eigenvalue weighted by Gasteiger charge is 2.52. The summed E-state index contributed by atoms with van der Waals surface area (Å²) in [7, 11) is 0. The largest absolute Gasteiger partial charge is 0.480 e. The van der Waals surface area contributed by atoms with Crippen molar-refractivity contribution in [2.75, 3.05) is 26.3 Å². The second kappa shape index (κ2) is 3.46. The number of likely N-dealkylation sites (tertiary alicyclic amines) is 1. The molecule has 0 radical (unpaired) electrons. The molecule has 0 atom stereocenters. The summed E-state index contributed by atoms with van der Waals surface area (Å²) >= 11 is 0. The lowest BCUT2D eigenvalue weighted by atomic mass is 9.76. The van der Waals surface area contributed by atoms with E-state index in [1.165, 1.54) is 0 Å². The number of hydrogen-bond donors (Lipinski definition) is 1. The Balaban J connectivity index is 2.10. The van der Waals surface area contributed by atoms with Crippen LogP contribution in [0.3, 0.4) is 0 Å². The van der Waals surface area contributed by atoms with Crippen LogP contribution >= 0.6 is 0 Å². The molecular weight excluding hydrogens is 194 g/mol. The second-order valence-corrected chi connectivity index (χ2v) is 5.47. The van der Waals surface area contributed by atoms with Crippen LogP contribution in [0.1, 0.15) is 26.7 Å². The minimum absolute atomic E-state index is 0.279. The van der Waals surface area contributed by atoms with E-state index < -0.39 is 11.5 Å². The lowest BCUT2D eigenvalue weighted by molar-refractivity contribution is -0.171. The molecule has 15 heavy (non-hydrogen) atoms. The Labute approximate surface area is 90.2 Å². The van der Waals surface area contributed by atoms with Crippen LogP contribution in [0.2, 0.25) is 0 Å². The van der Waals surface area contributed by atoms with Gasteiger partial charge in [0, 0.05) is 26.3 Å². The molecule has 0 amide bonds. The van der Waals surface area contributed by atoms with Crippen molar-refractivity contribution in [1.82, 2.24) is 4.90 Å². The average Bonchev–Trinajstić information content (AvgIpc) is 2.15. The maximum atomic E-state index is 11.4. The minimum Gasteiger partial charge on any atom is -0.480 e. The first-order valence-electron chi connectivity index (χ1n) is 5.53. The number of rotatable bonds is 2. The fourth-order valence-electron chi connectivity index (χ4n) is 2.66. The molecule has 0 aromatic heterocycles. The molecule has 0 bridgehead atoms. The molecule has 0 aromatic carbocycles. The molecule has 2 aliphatic rings. The van der Waals surface area contributed by atoms with Crippen molar-refractivity contribution in [3.63, 3.8) is 0 Å². The van der Waals surface area contributed by atoms with Gasteiger partial charge >= 0.3 is 5.97 Å². The SMILES string of the molecule is CC1(C)CN(C2(C(=O)O)CCOCC2)C1. The molecule has 2 heterocycles. The summed E-state index contributed by atoms with van der Waals surface area (Å²) in [6.45, 7) is 7.28. The third-order valence-electron chi connectivity index (χ3n) is 3.56. The van der Waals surface area contributed by atoms with Crippen molar-refractivity contribution in [1.29, 1.82) is 0 Å². The maximum absolute atomic E-state index is 11.4. The van der Waals surface area contributed by atoms with Crippen molar-refractivity contribution < 1.29 is 14.6 Å². The predicted molar refractivity (Wildman–Crippen MR) is 55.8 cm³/mol. The second-order valence-electron chi connectivity index (χ2n) is 5.47. The molecule has 0 saturated carbocycles. The smallest absolute Gasteiger partial charge is 0.324 e. The number of hydrogen-bond acceptors (Lipinski definition) is 3. The molecule has 1 N–H and O–H groups in total. The van der Waals surface area contributed by atoms with E-state index in [0.29, 0.717) is 26.1 Å². The van der Waals surface area contributed by atoms with Gasteiger partial charge in [-0.15, -0.1) is 0 Å². The monoisotopic (exact) mass is 213 g/mol. The summed E-state index contributed by atoms with van der Waals surface area (Å²) in [5.74, 6) is -0.679. The minimum atomic E-state index is -0.679. The molecule has 0 aliphatic carbocycles. The molecular formula is C11H19NO3. The zero-order chi connectivity index (χ0) is 11.1. The number of carboxylic acid groups (broad SMARTS) is 1. The highest BCUT2D eigenvalue weighted by atomic mass is 16.5. The molecule has 2 saturated heterocycles. The summed E-state index contributed by atoms with van der Waals surface area (Å²) in [6.07, 6.45) is 1.25. The Morgan fingerprint density at radius 2 is 1.80 bits per heavy atom. The molecule has 0 spiro atoms. The van der Waals surface area contributed by atoms with Gasteiger partial charge in [0.15, 0.2) is 0 Å². The van der Waals surface area contributed by atoms with Gasteiger partial charge in [0.05, 0.1) is 0 Å². The number of nitrogens with zero attached hydrogens (tertiary/aromatic N) is 1. The van der Waals surface area contributed by atoms with E-state index in [9.17, 15) is 9.90 Å². The van der Waals surface area contributed by atoms with Crippen molar-refractivity contribution in [3.05, 3.63) is 0 Å². The van der Waals surface area contributed by atoms with Crippen molar-refractivity contribution in [3.8, 4) is 0 Å². The molecule has 2 fully saturated rings. The van der Waals surface area contributed by atoms with Gasteiger partial charge in [-0.3, -0.25) is 9.69 Å². The van der Waals surface area contributed by atoms with Gasteiger partial charge in [0.1, 0.15) is 5.54 Å². The third-order valence-corrected chi connectivity index (χ3v) is 3.56. The number of carboxylic acids is 1. The average molecular weight is 213 g/mol. The van der Waals surface area contributed by atoms with E-state index in [2.05, 4.69) is 18.7 Å². The van der Waals surface area contributed by atoms with Gasteiger partial charge in [0.25, 0.3) is 0 Å². The molecule has 86 valence electrons. The maximum Gasteiger partial charge on any atom is 0.324 e. The van der Waals surface area contributed by atoms with E-state index in [1.807, 2.05) is 0 Å². The summed E-state index contributed by atoms with van der Waals surface area (Å²) in [5, 5.41) is 9.40. The number of ether oxygens (including phenoxy) is 1. The molecule has 4 heteroatoms. The zero-order valence-corrected chi connectivity index (χ0v) is 9.45. The first kappa shape index (κ1) is 10.9. The third kappa shape index (κ3) is 1.76. The van der Waals surface area contributed by atoms with E-state index in [-0.39, 0.29) is 5.41 Å². The highest BCUT2D eigenvalue weighted by molar-refractivity contribution is 5.79. The Bertz CT molecular complexity index is 261. The summed E-state index contributed by atoms with van der Waals surface area (Å²) in [6, 6.07) is 0. The first-order valence-corrected chi connectivity index (χ1v) is 5.53. The van der Waals surface area contributed by atoms with Crippen LogP contribution in [-0.4, -0.2) is 47.8 Å². The number of carbonyl (C=O) groups is 1. The van der Waals surface area contributed by atoms with E-state index in [4.69, 9.17) is 4.74 Å². The summed E-state index contributed by atoms with van der Waals surface area (Å²) in [5.41, 5.74) is -0.367. The first-order chi connectivity index (χ1) is 6.96. The zero-order valence-electron chi connectivity index (χ0n) is 9.45. The summed E-state index contributed by atoms with van der Waals surface area (Å²) < 4.78 is 5.26. The Morgan fingerprint density at radius 1 is 1.27 bits per heavy atom. The van der Waals surface area contributed by atoms with Crippen LogP contribution in [0.25, 0.3) is 0 Å². The fraction of sp³-hybridized carbons (Fsp3) is 0.909. The topological polar surface area (TPSA) is 49.8 Å². The lowest BCUT2D eigenvalue weighted by Gasteiger charge is -2.55. The van der Waals surface area contributed by atoms with E-state index >= 15 is 0 Å². The fourth-order valence-corrected chi connectivity index (χ4v) is 2.66. The molecule has 4 nitrogen and oxygen atoms in total. The van der Waals surface area contributed by atoms with Gasteiger partial charge in [-0.2, -0.15) is 0 Å². The Hall–Kier alpha value is -0.610. The predicted octanol–water partition coefficient (Wildman–Crippen LogP) is 0.962. The van der Waals surface area contributed by atoms with Gasteiger partial charge in [-0.1, -0.05) is 13.8 Å². The van der Waals surface area contributed by atoms with Crippen LogP contribution in [0.4, 0.5) is 0 Å². The van der Waals surface area contributed by atoms with Crippen LogP contribution in [0, 0.1) is 5.41 Å². The normalized spacial score (nSPS) is 29.5. The van der Waals surface area contributed by atoms with Gasteiger partial charge < -0.3 is 9.84 Å². The molecule has 0 unspecified atom stereocenters. The van der Waals surface area contributed by atoms with Crippen LogP contribution in [0.15, 0.2) is 0 Å². The standard InChI is InChI=1S/C11H19NO3/c1-10(2)7-12(8-10)11(9(13)14)3-5-15-6-4-11/h3-8H2,1-2H3,(H,13,14). The van der Waals surface area contributed by atoms with Crippen LogP contribution in [-0.2, 0) is 9.53 Å². The highest BCUT2D eigenvalue weighted by Crippen LogP contribution is 2.39. The lowest BCUT2D eigenvalue weighted by Crippen LogP contribution is -2.68. The van der Waals surface area contributed by atoms with Gasteiger partial charge in [0.2, 0.25) is 0 Å². The van der Waals surface area contributed by atoms with Crippen LogP contribution < -0.4 is 0 Å². The van der Waals surface area contributed by atoms with E-state index in [0.717, 1.165) is 13.1 Å². The van der Waals surface area contributed by atoms with Gasteiger partial charge in [-0.25, -0.2) is 0 Å². The quantitative estimate of drug-likeness (QED) is 0.742. The summed E-state index contributed by atoms with van der Waals surface area (Å²) in [4.78, 5) is 13.5. The molecule has 2 rings (SSSR count).